The average molecular weight is 557 g/mol. The van der Waals surface area contributed by atoms with E-state index in [9.17, 15) is 0 Å². The highest BCUT2D eigenvalue weighted by molar-refractivity contribution is 14.0. The highest BCUT2D eigenvalue weighted by Gasteiger charge is 2.11. The van der Waals surface area contributed by atoms with Gasteiger partial charge in [0.1, 0.15) is 5.82 Å². The predicted octanol–water partition coefficient (Wildman–Crippen LogP) is 3.86. The molecule has 1 aromatic carbocycles. The topological polar surface area (TPSA) is 50.4 Å². The molecule has 0 amide bonds. The molecule has 0 aliphatic carbocycles. The van der Waals surface area contributed by atoms with E-state index in [1.807, 2.05) is 32.6 Å². The summed E-state index contributed by atoms with van der Waals surface area (Å²) in [6.45, 7) is 2.19. The van der Waals surface area contributed by atoms with Gasteiger partial charge < -0.3 is 19.4 Å². The quantitative estimate of drug-likeness (QED) is 0.285. The van der Waals surface area contributed by atoms with Gasteiger partial charge in [-0.05, 0) is 27.6 Å². The van der Waals surface area contributed by atoms with Crippen molar-refractivity contribution in [3.63, 3.8) is 0 Å². The normalized spacial score (nSPS) is 11.2. The first kappa shape index (κ1) is 22.5. The number of hydrogen-bond acceptors (Lipinski definition) is 2. The van der Waals surface area contributed by atoms with Crippen molar-refractivity contribution in [2.75, 3.05) is 14.1 Å². The summed E-state index contributed by atoms with van der Waals surface area (Å²) in [5.41, 5.74) is 2.46. The van der Waals surface area contributed by atoms with Crippen LogP contribution in [0.1, 0.15) is 17.1 Å². The molecule has 8 heteroatoms. The SMILES string of the molecule is CN=C(NCc1nccn1Cc1ccccc1)N(C)Cc1cc(Br)cn1C.I. The van der Waals surface area contributed by atoms with E-state index < -0.39 is 0 Å². The van der Waals surface area contributed by atoms with Gasteiger partial charge in [-0.25, -0.2) is 4.98 Å². The maximum absolute atomic E-state index is 4.50. The second-order valence-corrected chi connectivity index (χ2v) is 7.39. The molecule has 0 saturated carbocycles. The molecule has 150 valence electrons. The smallest absolute Gasteiger partial charge is 0.194 e. The second-order valence-electron chi connectivity index (χ2n) is 6.47. The number of benzene rings is 1. The number of halogens is 2. The molecule has 0 radical (unpaired) electrons. The van der Waals surface area contributed by atoms with Crippen molar-refractivity contribution in [1.82, 2.24) is 24.3 Å². The number of hydrogen-bond donors (Lipinski definition) is 1. The number of aromatic nitrogens is 3. The van der Waals surface area contributed by atoms with E-state index in [2.05, 4.69) is 81.8 Å². The van der Waals surface area contributed by atoms with E-state index in [-0.39, 0.29) is 24.0 Å². The molecule has 28 heavy (non-hydrogen) atoms. The van der Waals surface area contributed by atoms with E-state index in [1.165, 1.54) is 11.3 Å². The highest BCUT2D eigenvalue weighted by Crippen LogP contribution is 2.15. The van der Waals surface area contributed by atoms with Crippen LogP contribution in [0.3, 0.4) is 0 Å². The van der Waals surface area contributed by atoms with E-state index in [1.54, 1.807) is 7.05 Å². The summed E-state index contributed by atoms with van der Waals surface area (Å²) in [4.78, 5) is 11.0. The number of aryl methyl sites for hydroxylation is 1. The lowest BCUT2D eigenvalue weighted by molar-refractivity contribution is 0.459. The first-order valence-corrected chi connectivity index (χ1v) is 9.62. The minimum absolute atomic E-state index is 0. The number of rotatable bonds is 6. The van der Waals surface area contributed by atoms with Crippen molar-refractivity contribution in [2.24, 2.45) is 12.0 Å². The van der Waals surface area contributed by atoms with E-state index in [0.717, 1.165) is 29.3 Å². The summed E-state index contributed by atoms with van der Waals surface area (Å²) in [7, 11) is 5.88. The number of nitrogens with zero attached hydrogens (tertiary/aromatic N) is 5. The molecule has 3 aromatic rings. The second kappa shape index (κ2) is 10.7. The Kier molecular flexibility index (Phi) is 8.56. The van der Waals surface area contributed by atoms with Crippen molar-refractivity contribution in [2.45, 2.75) is 19.6 Å². The van der Waals surface area contributed by atoms with Crippen LogP contribution in [0.15, 0.2) is 64.5 Å². The van der Waals surface area contributed by atoms with Crippen molar-refractivity contribution >= 4 is 45.9 Å². The van der Waals surface area contributed by atoms with E-state index in [0.29, 0.717) is 6.54 Å². The third-order valence-electron chi connectivity index (χ3n) is 4.45. The van der Waals surface area contributed by atoms with Crippen LogP contribution in [0.2, 0.25) is 0 Å². The van der Waals surface area contributed by atoms with Gasteiger partial charge in [-0.2, -0.15) is 0 Å². The van der Waals surface area contributed by atoms with E-state index in [4.69, 9.17) is 0 Å². The van der Waals surface area contributed by atoms with Crippen LogP contribution in [0, 0.1) is 0 Å². The summed E-state index contributed by atoms with van der Waals surface area (Å²) >= 11 is 3.52. The van der Waals surface area contributed by atoms with Crippen molar-refractivity contribution in [1.29, 1.82) is 0 Å². The summed E-state index contributed by atoms with van der Waals surface area (Å²) < 4.78 is 5.35. The third kappa shape index (κ3) is 5.84. The number of imidazole rings is 1. The first-order chi connectivity index (χ1) is 13.1. The lowest BCUT2D eigenvalue weighted by Gasteiger charge is -2.22. The average Bonchev–Trinajstić information content (AvgIpc) is 3.22. The molecule has 0 bridgehead atoms. The molecular weight excluding hydrogens is 531 g/mol. The van der Waals surface area contributed by atoms with E-state index >= 15 is 0 Å². The Labute approximate surface area is 191 Å². The van der Waals surface area contributed by atoms with Crippen molar-refractivity contribution in [3.05, 3.63) is 76.5 Å². The Balaban J connectivity index is 0.00000280. The van der Waals surface area contributed by atoms with Crippen molar-refractivity contribution in [3.8, 4) is 0 Å². The maximum atomic E-state index is 4.50. The molecule has 0 aliphatic rings. The molecular formula is C20H26BrIN6. The lowest BCUT2D eigenvalue weighted by atomic mass is 10.2. The molecule has 0 fully saturated rings. The van der Waals surface area contributed by atoms with Gasteiger partial charge >= 0.3 is 0 Å². The van der Waals surface area contributed by atoms with Crippen molar-refractivity contribution < 1.29 is 0 Å². The molecule has 2 heterocycles. The Hall–Kier alpha value is -1.81. The molecule has 0 aliphatic heterocycles. The van der Waals surface area contributed by atoms with Crippen LogP contribution in [0.4, 0.5) is 0 Å². The zero-order valence-electron chi connectivity index (χ0n) is 16.3. The fourth-order valence-electron chi connectivity index (χ4n) is 3.02. The minimum atomic E-state index is 0. The number of nitrogens with one attached hydrogen (secondary N) is 1. The molecule has 1 N–H and O–H groups in total. The minimum Gasteiger partial charge on any atom is -0.352 e. The van der Waals surface area contributed by atoms with Gasteiger partial charge in [-0.3, -0.25) is 4.99 Å². The standard InChI is InChI=1S/C20H25BrN6.HI/c1-22-20(26(3)15-18-11-17(21)14-25(18)2)24-12-19-23-9-10-27(19)13-16-7-5-4-6-8-16;/h4-11,14H,12-13,15H2,1-3H3,(H,22,24);1H. The molecule has 0 atom stereocenters. The number of guanidine groups is 1. The fraction of sp³-hybridized carbons (Fsp3) is 0.300. The fourth-order valence-corrected chi connectivity index (χ4v) is 3.59. The zero-order valence-corrected chi connectivity index (χ0v) is 20.3. The summed E-state index contributed by atoms with van der Waals surface area (Å²) in [5, 5.41) is 3.42. The Bertz CT molecular complexity index is 903. The van der Waals surface area contributed by atoms with Crippen LogP contribution in [0.25, 0.3) is 0 Å². The number of aliphatic imine (C=N–C) groups is 1. The Morgan fingerprint density at radius 3 is 2.68 bits per heavy atom. The van der Waals surface area contributed by atoms with Crippen LogP contribution >= 0.6 is 39.9 Å². The zero-order chi connectivity index (χ0) is 19.2. The molecule has 6 nitrogen and oxygen atoms in total. The van der Waals surface area contributed by atoms with Crippen LogP contribution in [-0.2, 0) is 26.7 Å². The summed E-state index contributed by atoms with van der Waals surface area (Å²) in [5.74, 6) is 1.82. The van der Waals surface area contributed by atoms with Crippen LogP contribution in [-0.4, -0.2) is 39.1 Å². The monoisotopic (exact) mass is 556 g/mol. The Morgan fingerprint density at radius 1 is 1.29 bits per heavy atom. The van der Waals surface area contributed by atoms with Gasteiger partial charge in [0.15, 0.2) is 5.96 Å². The first-order valence-electron chi connectivity index (χ1n) is 8.83. The third-order valence-corrected chi connectivity index (χ3v) is 4.88. The predicted molar refractivity (Wildman–Crippen MR) is 128 cm³/mol. The highest BCUT2D eigenvalue weighted by atomic mass is 127. The van der Waals surface area contributed by atoms with Gasteiger partial charge in [0.05, 0.1) is 13.1 Å². The van der Waals surface area contributed by atoms with Gasteiger partial charge in [0, 0.05) is 56.4 Å². The van der Waals surface area contributed by atoms with Gasteiger partial charge in [0.2, 0.25) is 0 Å². The molecule has 0 unspecified atom stereocenters. The largest absolute Gasteiger partial charge is 0.352 e. The van der Waals surface area contributed by atoms with Gasteiger partial charge in [-0.1, -0.05) is 30.3 Å². The Morgan fingerprint density at radius 2 is 2.04 bits per heavy atom. The molecule has 0 saturated heterocycles. The van der Waals surface area contributed by atoms with Crippen LogP contribution in [0.5, 0.6) is 0 Å². The summed E-state index contributed by atoms with van der Waals surface area (Å²) in [6, 6.07) is 12.5. The maximum Gasteiger partial charge on any atom is 0.194 e. The van der Waals surface area contributed by atoms with Gasteiger partial charge in [0.25, 0.3) is 0 Å². The summed E-state index contributed by atoms with van der Waals surface area (Å²) in [6.07, 6.45) is 5.91. The van der Waals surface area contributed by atoms with Gasteiger partial charge in [-0.15, -0.1) is 24.0 Å². The van der Waals surface area contributed by atoms with Crippen LogP contribution < -0.4 is 5.32 Å². The molecule has 2 aromatic heterocycles. The molecule has 3 rings (SSSR count). The molecule has 0 spiro atoms. The lowest BCUT2D eigenvalue weighted by Crippen LogP contribution is -2.38.